The number of carbonyl (C=O) groups is 1. The normalized spacial score (nSPS) is 16.6. The van der Waals surface area contributed by atoms with Gasteiger partial charge in [-0.1, -0.05) is 25.4 Å². The molecule has 1 saturated heterocycles. The second kappa shape index (κ2) is 6.40. The van der Waals surface area contributed by atoms with E-state index >= 15 is 0 Å². The molecule has 0 radical (unpaired) electrons. The molecule has 1 N–H and O–H groups in total. The van der Waals surface area contributed by atoms with Crippen molar-refractivity contribution in [3.8, 4) is 0 Å². The standard InChI is InChI=1S/C15H21ClN2O/c1-11(2)15(19)18(14-7-9-17-10-8-14)13-5-3-12(16)4-6-13/h3-6,11,14,17H,7-10H2,1-2H3. The predicted molar refractivity (Wildman–Crippen MR) is 79.7 cm³/mol. The number of halogens is 1. The van der Waals surface area contributed by atoms with Gasteiger partial charge in [0.2, 0.25) is 5.91 Å². The van der Waals surface area contributed by atoms with E-state index < -0.39 is 0 Å². The van der Waals surface area contributed by atoms with Gasteiger partial charge in [-0.15, -0.1) is 0 Å². The van der Waals surface area contributed by atoms with Crippen LogP contribution in [0.4, 0.5) is 5.69 Å². The van der Waals surface area contributed by atoms with Crippen molar-refractivity contribution in [1.29, 1.82) is 0 Å². The van der Waals surface area contributed by atoms with E-state index in [-0.39, 0.29) is 17.9 Å². The van der Waals surface area contributed by atoms with E-state index in [9.17, 15) is 4.79 Å². The van der Waals surface area contributed by atoms with E-state index in [0.717, 1.165) is 31.6 Å². The van der Waals surface area contributed by atoms with E-state index in [0.29, 0.717) is 5.02 Å². The summed E-state index contributed by atoms with van der Waals surface area (Å²) in [6, 6.07) is 7.85. The molecule has 1 fully saturated rings. The molecule has 3 nitrogen and oxygen atoms in total. The van der Waals surface area contributed by atoms with Gasteiger partial charge in [0.1, 0.15) is 0 Å². The number of hydrogen-bond acceptors (Lipinski definition) is 2. The maximum Gasteiger partial charge on any atom is 0.229 e. The van der Waals surface area contributed by atoms with E-state index in [1.54, 1.807) is 0 Å². The van der Waals surface area contributed by atoms with Crippen molar-refractivity contribution in [2.45, 2.75) is 32.7 Å². The van der Waals surface area contributed by atoms with E-state index in [2.05, 4.69) is 5.32 Å². The first-order chi connectivity index (χ1) is 9.09. The minimum absolute atomic E-state index is 0.00515. The smallest absolute Gasteiger partial charge is 0.229 e. The third kappa shape index (κ3) is 3.48. The van der Waals surface area contributed by atoms with Gasteiger partial charge in [0, 0.05) is 22.7 Å². The van der Waals surface area contributed by atoms with Gasteiger partial charge in [-0.3, -0.25) is 4.79 Å². The summed E-state index contributed by atoms with van der Waals surface area (Å²) in [6.07, 6.45) is 2.00. The zero-order valence-electron chi connectivity index (χ0n) is 11.5. The Hall–Kier alpha value is -1.06. The van der Waals surface area contributed by atoms with Gasteiger partial charge in [0.25, 0.3) is 0 Å². The fourth-order valence-corrected chi connectivity index (χ4v) is 2.59. The molecule has 0 unspecified atom stereocenters. The highest BCUT2D eigenvalue weighted by Crippen LogP contribution is 2.25. The number of piperidine rings is 1. The molecule has 19 heavy (non-hydrogen) atoms. The molecule has 2 rings (SSSR count). The molecule has 0 bridgehead atoms. The van der Waals surface area contributed by atoms with Crippen LogP contribution in [0, 0.1) is 5.92 Å². The molecule has 0 aliphatic carbocycles. The number of amides is 1. The average molecular weight is 281 g/mol. The van der Waals surface area contributed by atoms with Crippen LogP contribution < -0.4 is 10.2 Å². The number of rotatable bonds is 3. The van der Waals surface area contributed by atoms with Crippen LogP contribution >= 0.6 is 11.6 Å². The maximum absolute atomic E-state index is 12.5. The van der Waals surface area contributed by atoms with Gasteiger partial charge in [0.15, 0.2) is 0 Å². The fourth-order valence-electron chi connectivity index (χ4n) is 2.46. The number of benzene rings is 1. The number of nitrogens with one attached hydrogen (secondary N) is 1. The van der Waals surface area contributed by atoms with Crippen molar-refractivity contribution in [2.75, 3.05) is 18.0 Å². The van der Waals surface area contributed by atoms with E-state index in [4.69, 9.17) is 11.6 Å². The summed E-state index contributed by atoms with van der Waals surface area (Å²) in [5.41, 5.74) is 0.954. The van der Waals surface area contributed by atoms with Crippen LogP contribution in [0.2, 0.25) is 5.02 Å². The van der Waals surface area contributed by atoms with Crippen LogP contribution in [0.3, 0.4) is 0 Å². The summed E-state index contributed by atoms with van der Waals surface area (Å²) < 4.78 is 0. The molecular weight excluding hydrogens is 260 g/mol. The maximum atomic E-state index is 12.5. The number of nitrogens with zero attached hydrogens (tertiary/aromatic N) is 1. The summed E-state index contributed by atoms with van der Waals surface area (Å²) in [4.78, 5) is 14.5. The largest absolute Gasteiger partial charge is 0.317 e. The molecule has 1 aromatic rings. The minimum atomic E-state index is 0.00515. The van der Waals surface area contributed by atoms with Gasteiger partial charge in [-0.25, -0.2) is 0 Å². The van der Waals surface area contributed by atoms with Crippen molar-refractivity contribution in [3.63, 3.8) is 0 Å². The van der Waals surface area contributed by atoms with Gasteiger partial charge < -0.3 is 10.2 Å². The van der Waals surface area contributed by atoms with Crippen LogP contribution in [0.1, 0.15) is 26.7 Å². The third-order valence-corrected chi connectivity index (χ3v) is 3.76. The molecule has 0 aromatic heterocycles. The Morgan fingerprint density at radius 2 is 1.84 bits per heavy atom. The lowest BCUT2D eigenvalue weighted by Crippen LogP contribution is -2.47. The Morgan fingerprint density at radius 3 is 2.37 bits per heavy atom. The van der Waals surface area contributed by atoms with E-state index in [1.807, 2.05) is 43.0 Å². The Morgan fingerprint density at radius 1 is 1.26 bits per heavy atom. The average Bonchev–Trinajstić information content (AvgIpc) is 2.42. The summed E-state index contributed by atoms with van der Waals surface area (Å²) in [5, 5.41) is 4.04. The van der Waals surface area contributed by atoms with Crippen LogP contribution in [-0.2, 0) is 4.79 Å². The quantitative estimate of drug-likeness (QED) is 0.923. The summed E-state index contributed by atoms with van der Waals surface area (Å²) in [5.74, 6) is 0.194. The SMILES string of the molecule is CC(C)C(=O)N(c1ccc(Cl)cc1)C1CCNCC1. The summed E-state index contributed by atoms with van der Waals surface area (Å²) in [6.45, 7) is 5.85. The lowest BCUT2D eigenvalue weighted by molar-refractivity contribution is -0.122. The van der Waals surface area contributed by atoms with Crippen molar-refractivity contribution in [2.24, 2.45) is 5.92 Å². The van der Waals surface area contributed by atoms with Gasteiger partial charge in [-0.2, -0.15) is 0 Å². The Balaban J connectivity index is 2.27. The minimum Gasteiger partial charge on any atom is -0.317 e. The van der Waals surface area contributed by atoms with Gasteiger partial charge in [-0.05, 0) is 50.2 Å². The predicted octanol–water partition coefficient (Wildman–Crippen LogP) is 3.08. The van der Waals surface area contributed by atoms with Crippen LogP contribution in [-0.4, -0.2) is 25.0 Å². The van der Waals surface area contributed by atoms with Crippen molar-refractivity contribution < 1.29 is 4.79 Å². The lowest BCUT2D eigenvalue weighted by Gasteiger charge is -2.36. The molecule has 1 heterocycles. The van der Waals surface area contributed by atoms with Crippen LogP contribution in [0.15, 0.2) is 24.3 Å². The molecule has 1 aliphatic heterocycles. The van der Waals surface area contributed by atoms with Gasteiger partial charge in [0.05, 0.1) is 0 Å². The molecule has 0 spiro atoms. The zero-order chi connectivity index (χ0) is 13.8. The van der Waals surface area contributed by atoms with Crippen molar-refractivity contribution >= 4 is 23.2 Å². The number of anilines is 1. The lowest BCUT2D eigenvalue weighted by atomic mass is 10.0. The highest BCUT2D eigenvalue weighted by Gasteiger charge is 2.28. The number of carbonyl (C=O) groups excluding carboxylic acids is 1. The molecule has 0 atom stereocenters. The number of hydrogen-bond donors (Lipinski definition) is 1. The molecule has 1 aliphatic rings. The first-order valence-corrected chi connectivity index (χ1v) is 7.26. The Labute approximate surface area is 119 Å². The first-order valence-electron chi connectivity index (χ1n) is 6.89. The zero-order valence-corrected chi connectivity index (χ0v) is 12.3. The van der Waals surface area contributed by atoms with Crippen molar-refractivity contribution in [3.05, 3.63) is 29.3 Å². The first kappa shape index (κ1) is 14.4. The Bertz CT molecular complexity index is 424. The molecule has 1 amide bonds. The monoisotopic (exact) mass is 280 g/mol. The fraction of sp³-hybridized carbons (Fsp3) is 0.533. The molecule has 0 saturated carbocycles. The summed E-state index contributed by atoms with van der Waals surface area (Å²) >= 11 is 5.93. The third-order valence-electron chi connectivity index (χ3n) is 3.51. The van der Waals surface area contributed by atoms with Crippen LogP contribution in [0.5, 0.6) is 0 Å². The van der Waals surface area contributed by atoms with Crippen LogP contribution in [0.25, 0.3) is 0 Å². The topological polar surface area (TPSA) is 32.3 Å². The van der Waals surface area contributed by atoms with Crippen molar-refractivity contribution in [1.82, 2.24) is 5.32 Å². The Kier molecular flexibility index (Phi) is 4.83. The van der Waals surface area contributed by atoms with Gasteiger partial charge >= 0.3 is 0 Å². The van der Waals surface area contributed by atoms with E-state index in [1.165, 1.54) is 0 Å². The molecular formula is C15H21ClN2O. The molecule has 104 valence electrons. The summed E-state index contributed by atoms with van der Waals surface area (Å²) in [7, 11) is 0. The molecule has 1 aromatic carbocycles. The highest BCUT2D eigenvalue weighted by molar-refractivity contribution is 6.30. The molecule has 4 heteroatoms. The highest BCUT2D eigenvalue weighted by atomic mass is 35.5. The second-order valence-electron chi connectivity index (χ2n) is 5.32. The second-order valence-corrected chi connectivity index (χ2v) is 5.76.